The van der Waals surface area contributed by atoms with Gasteiger partial charge >= 0.3 is 0 Å². The molecule has 2 heterocycles. The van der Waals surface area contributed by atoms with Crippen LogP contribution in [0.1, 0.15) is 0 Å². The minimum absolute atomic E-state index is 0.617. The van der Waals surface area contributed by atoms with Crippen LogP contribution in [0.2, 0.25) is 0 Å². The lowest BCUT2D eigenvalue weighted by Crippen LogP contribution is -2.00. The standard InChI is InChI=1S/C49H31N3O/c1-4-12-32(13-5-1)34-20-24-37(25-21-34)48-50-47(36-16-8-3-9-17-36)51-49(52-48)38-26-22-35(23-27-38)42-29-41(33-14-6-2-7-15-33)30-44-43-28-39-18-10-11-19-40(39)31-45(43)53-46(42)44/h1-31H. The van der Waals surface area contributed by atoms with E-state index < -0.39 is 0 Å². The molecule has 0 fully saturated rings. The van der Waals surface area contributed by atoms with E-state index >= 15 is 0 Å². The summed E-state index contributed by atoms with van der Waals surface area (Å²) in [6, 6.07) is 65.2. The summed E-state index contributed by atoms with van der Waals surface area (Å²) in [5.41, 5.74) is 11.2. The number of fused-ring (bicyclic) bond motifs is 4. The highest BCUT2D eigenvalue weighted by Gasteiger charge is 2.17. The SMILES string of the molecule is c1ccc(-c2ccc(-c3nc(-c4ccccc4)nc(-c4ccc(-c5cc(-c6ccccc6)cc6c5oc5cc7ccccc7cc56)cc4)n3)cc2)cc1. The zero-order valence-corrected chi connectivity index (χ0v) is 28.6. The minimum atomic E-state index is 0.617. The fraction of sp³-hybridized carbons (Fsp3) is 0. The third kappa shape index (κ3) is 5.73. The first kappa shape index (κ1) is 30.6. The number of benzene rings is 8. The van der Waals surface area contributed by atoms with Crippen molar-refractivity contribution in [1.82, 2.24) is 15.0 Å². The van der Waals surface area contributed by atoms with Crippen LogP contribution in [0.4, 0.5) is 0 Å². The van der Waals surface area contributed by atoms with E-state index in [0.29, 0.717) is 17.5 Å². The van der Waals surface area contributed by atoms with E-state index in [0.717, 1.165) is 71.8 Å². The minimum Gasteiger partial charge on any atom is -0.455 e. The largest absolute Gasteiger partial charge is 0.455 e. The quantitative estimate of drug-likeness (QED) is 0.176. The number of aromatic nitrogens is 3. The summed E-state index contributed by atoms with van der Waals surface area (Å²) < 4.78 is 6.68. The summed E-state index contributed by atoms with van der Waals surface area (Å²) in [5, 5.41) is 4.56. The molecule has 2 aromatic heterocycles. The molecule has 0 aliphatic heterocycles. The van der Waals surface area contributed by atoms with Crippen molar-refractivity contribution in [2.75, 3.05) is 0 Å². The average molecular weight is 678 g/mol. The Labute approximate surface area is 306 Å². The van der Waals surface area contributed by atoms with Crippen molar-refractivity contribution in [3.05, 3.63) is 188 Å². The summed E-state index contributed by atoms with van der Waals surface area (Å²) in [6.07, 6.45) is 0. The molecule has 0 bridgehead atoms. The third-order valence-corrected chi connectivity index (χ3v) is 9.92. The molecule has 53 heavy (non-hydrogen) atoms. The molecule has 248 valence electrons. The van der Waals surface area contributed by atoms with Crippen LogP contribution in [0.25, 0.3) is 100 Å². The van der Waals surface area contributed by atoms with Gasteiger partial charge in [-0.15, -0.1) is 0 Å². The Morgan fingerprint density at radius 3 is 1.28 bits per heavy atom. The number of hydrogen-bond donors (Lipinski definition) is 0. The molecule has 0 unspecified atom stereocenters. The van der Waals surface area contributed by atoms with Crippen LogP contribution in [0, 0.1) is 0 Å². The first-order valence-corrected chi connectivity index (χ1v) is 17.8. The van der Waals surface area contributed by atoms with Gasteiger partial charge in [-0.25, -0.2) is 15.0 Å². The molecular weight excluding hydrogens is 647 g/mol. The van der Waals surface area contributed by atoms with E-state index in [4.69, 9.17) is 19.4 Å². The van der Waals surface area contributed by atoms with Gasteiger partial charge in [0.15, 0.2) is 17.5 Å². The molecule has 0 N–H and O–H groups in total. The van der Waals surface area contributed by atoms with Gasteiger partial charge in [-0.3, -0.25) is 0 Å². The Balaban J connectivity index is 1.09. The van der Waals surface area contributed by atoms with E-state index in [2.05, 4.69) is 152 Å². The fourth-order valence-corrected chi connectivity index (χ4v) is 7.17. The Morgan fingerprint density at radius 2 is 0.717 bits per heavy atom. The zero-order chi connectivity index (χ0) is 35.1. The molecule has 0 atom stereocenters. The summed E-state index contributed by atoms with van der Waals surface area (Å²) in [7, 11) is 0. The van der Waals surface area contributed by atoms with E-state index in [-0.39, 0.29) is 0 Å². The second-order valence-electron chi connectivity index (χ2n) is 13.3. The highest BCUT2D eigenvalue weighted by molar-refractivity contribution is 6.14. The Morgan fingerprint density at radius 1 is 0.302 bits per heavy atom. The maximum Gasteiger partial charge on any atom is 0.164 e. The van der Waals surface area contributed by atoms with Gasteiger partial charge < -0.3 is 4.42 Å². The molecule has 0 radical (unpaired) electrons. The predicted octanol–water partition coefficient (Wildman–Crippen LogP) is 12.9. The van der Waals surface area contributed by atoms with Crippen LogP contribution < -0.4 is 0 Å². The third-order valence-electron chi connectivity index (χ3n) is 9.92. The number of hydrogen-bond acceptors (Lipinski definition) is 4. The maximum atomic E-state index is 6.68. The number of rotatable bonds is 6. The second kappa shape index (κ2) is 12.9. The number of furan rings is 1. The molecule has 10 aromatic rings. The summed E-state index contributed by atoms with van der Waals surface area (Å²) >= 11 is 0. The molecule has 0 aliphatic carbocycles. The lowest BCUT2D eigenvalue weighted by Gasteiger charge is -2.11. The number of nitrogens with zero attached hydrogens (tertiary/aromatic N) is 3. The Hall–Kier alpha value is -7.17. The first-order valence-electron chi connectivity index (χ1n) is 17.8. The molecule has 0 amide bonds. The van der Waals surface area contributed by atoms with Crippen LogP contribution in [0.15, 0.2) is 192 Å². The van der Waals surface area contributed by atoms with Crippen molar-refractivity contribution in [3.8, 4) is 67.5 Å². The molecule has 8 aromatic carbocycles. The summed E-state index contributed by atoms with van der Waals surface area (Å²) in [4.78, 5) is 15.0. The highest BCUT2D eigenvalue weighted by atomic mass is 16.3. The van der Waals surface area contributed by atoms with Crippen LogP contribution >= 0.6 is 0 Å². The molecule has 0 saturated heterocycles. The van der Waals surface area contributed by atoms with Crippen LogP contribution in [-0.4, -0.2) is 15.0 Å². The average Bonchev–Trinajstić information content (AvgIpc) is 3.60. The first-order chi connectivity index (χ1) is 26.2. The van der Waals surface area contributed by atoms with Gasteiger partial charge in [0.05, 0.1) is 0 Å². The fourth-order valence-electron chi connectivity index (χ4n) is 7.17. The van der Waals surface area contributed by atoms with Crippen LogP contribution in [0.5, 0.6) is 0 Å². The van der Waals surface area contributed by atoms with E-state index in [1.54, 1.807) is 0 Å². The Bertz CT molecular complexity index is 2900. The summed E-state index contributed by atoms with van der Waals surface area (Å²) in [5.74, 6) is 1.88. The van der Waals surface area contributed by atoms with E-state index in [1.807, 2.05) is 36.4 Å². The van der Waals surface area contributed by atoms with E-state index in [9.17, 15) is 0 Å². The monoisotopic (exact) mass is 677 g/mol. The van der Waals surface area contributed by atoms with Gasteiger partial charge in [0.1, 0.15) is 11.2 Å². The van der Waals surface area contributed by atoms with Gasteiger partial charge in [0.2, 0.25) is 0 Å². The maximum absolute atomic E-state index is 6.68. The lowest BCUT2D eigenvalue weighted by atomic mass is 9.95. The smallest absolute Gasteiger partial charge is 0.164 e. The molecule has 0 spiro atoms. The normalized spacial score (nSPS) is 11.4. The van der Waals surface area contributed by atoms with Crippen molar-refractivity contribution in [1.29, 1.82) is 0 Å². The lowest BCUT2D eigenvalue weighted by molar-refractivity contribution is 0.670. The zero-order valence-electron chi connectivity index (χ0n) is 28.6. The Kier molecular flexibility index (Phi) is 7.43. The van der Waals surface area contributed by atoms with Crippen molar-refractivity contribution < 1.29 is 4.42 Å². The van der Waals surface area contributed by atoms with Gasteiger partial charge in [-0.1, -0.05) is 164 Å². The van der Waals surface area contributed by atoms with Crippen molar-refractivity contribution in [3.63, 3.8) is 0 Å². The molecule has 0 aliphatic rings. The van der Waals surface area contributed by atoms with Crippen molar-refractivity contribution in [2.24, 2.45) is 0 Å². The van der Waals surface area contributed by atoms with Crippen LogP contribution in [-0.2, 0) is 0 Å². The van der Waals surface area contributed by atoms with Gasteiger partial charge in [0.25, 0.3) is 0 Å². The van der Waals surface area contributed by atoms with E-state index in [1.165, 1.54) is 10.9 Å². The predicted molar refractivity (Wildman–Crippen MR) is 217 cm³/mol. The molecule has 0 saturated carbocycles. The topological polar surface area (TPSA) is 51.8 Å². The molecule has 4 nitrogen and oxygen atoms in total. The molecular formula is C49H31N3O. The second-order valence-corrected chi connectivity index (χ2v) is 13.3. The molecule has 10 rings (SSSR count). The molecule has 4 heteroatoms. The van der Waals surface area contributed by atoms with Gasteiger partial charge in [-0.05, 0) is 62.9 Å². The van der Waals surface area contributed by atoms with Crippen molar-refractivity contribution in [2.45, 2.75) is 0 Å². The highest BCUT2D eigenvalue weighted by Crippen LogP contribution is 2.41. The van der Waals surface area contributed by atoms with Gasteiger partial charge in [-0.2, -0.15) is 0 Å². The van der Waals surface area contributed by atoms with Crippen LogP contribution in [0.3, 0.4) is 0 Å². The van der Waals surface area contributed by atoms with Crippen molar-refractivity contribution >= 4 is 32.7 Å². The van der Waals surface area contributed by atoms with Gasteiger partial charge in [0, 0.05) is 33.0 Å². The summed E-state index contributed by atoms with van der Waals surface area (Å²) in [6.45, 7) is 0.